The van der Waals surface area contributed by atoms with Crippen molar-refractivity contribution in [2.45, 2.75) is 32.7 Å². The highest BCUT2D eigenvalue weighted by atomic mass is 16.5. The molecule has 0 radical (unpaired) electrons. The molecule has 7 nitrogen and oxygen atoms in total. The molecule has 0 aliphatic carbocycles. The minimum Gasteiger partial charge on any atom is -0.467 e. The van der Waals surface area contributed by atoms with Gasteiger partial charge in [0.05, 0.1) is 13.7 Å². The van der Waals surface area contributed by atoms with Gasteiger partial charge < -0.3 is 15.0 Å². The third-order valence-corrected chi connectivity index (χ3v) is 4.25. The summed E-state index contributed by atoms with van der Waals surface area (Å²) >= 11 is 0. The van der Waals surface area contributed by atoms with Gasteiger partial charge in [0.2, 0.25) is 5.95 Å². The van der Waals surface area contributed by atoms with Crippen LogP contribution in [0.15, 0.2) is 24.3 Å². The van der Waals surface area contributed by atoms with E-state index in [1.54, 1.807) is 0 Å². The highest BCUT2D eigenvalue weighted by Crippen LogP contribution is 2.17. The summed E-state index contributed by atoms with van der Waals surface area (Å²) in [5.74, 6) is 0.956. The Morgan fingerprint density at radius 2 is 1.88 bits per heavy atom. The zero-order valence-corrected chi connectivity index (χ0v) is 14.7. The third-order valence-electron chi connectivity index (χ3n) is 4.25. The smallest absolute Gasteiger partial charge is 0.321 e. The number of hydrogen-bond donors (Lipinski definition) is 1. The predicted octanol–water partition coefficient (Wildman–Crippen LogP) is 1.97. The third kappa shape index (κ3) is 4.23. The molecule has 1 fully saturated rings. The molecule has 7 heteroatoms. The van der Waals surface area contributed by atoms with Gasteiger partial charge in [-0.1, -0.05) is 19.1 Å². The van der Waals surface area contributed by atoms with Crippen LogP contribution in [0.5, 0.6) is 6.01 Å². The maximum Gasteiger partial charge on any atom is 0.321 e. The van der Waals surface area contributed by atoms with E-state index in [2.05, 4.69) is 32.1 Å². The number of aryl methyl sites for hydroxylation is 1. The Morgan fingerprint density at radius 1 is 1.16 bits per heavy atom. The first kappa shape index (κ1) is 17.1. The highest BCUT2D eigenvalue weighted by Gasteiger charge is 2.18. The van der Waals surface area contributed by atoms with Gasteiger partial charge in [0.15, 0.2) is 5.82 Å². The summed E-state index contributed by atoms with van der Waals surface area (Å²) in [6, 6.07) is 7.86. The molecule has 3 rings (SSSR count). The van der Waals surface area contributed by atoms with Crippen LogP contribution in [0.4, 0.5) is 5.95 Å². The Morgan fingerprint density at radius 3 is 2.52 bits per heavy atom. The number of amides is 1. The Labute approximate surface area is 147 Å². The normalized spacial score (nSPS) is 13.8. The largest absolute Gasteiger partial charge is 0.467 e. The Kier molecular flexibility index (Phi) is 5.42. The van der Waals surface area contributed by atoms with Gasteiger partial charge in [-0.15, -0.1) is 0 Å². The minimum absolute atomic E-state index is 0.148. The summed E-state index contributed by atoms with van der Waals surface area (Å²) < 4.78 is 5.17. The van der Waals surface area contributed by atoms with Crippen molar-refractivity contribution in [3.8, 4) is 6.01 Å². The van der Waals surface area contributed by atoms with Crippen LogP contribution in [0.2, 0.25) is 0 Å². The van der Waals surface area contributed by atoms with Gasteiger partial charge in [0.25, 0.3) is 5.91 Å². The zero-order valence-electron chi connectivity index (χ0n) is 14.7. The quantitative estimate of drug-likeness (QED) is 0.865. The molecule has 1 aromatic heterocycles. The summed E-state index contributed by atoms with van der Waals surface area (Å²) in [6.07, 6.45) is 3.22. The molecule has 25 heavy (non-hydrogen) atoms. The molecule has 1 aliphatic heterocycles. The van der Waals surface area contributed by atoms with Gasteiger partial charge >= 0.3 is 6.01 Å². The molecule has 1 saturated heterocycles. The molecule has 1 amide bonds. The van der Waals surface area contributed by atoms with Crippen LogP contribution in [-0.4, -0.2) is 41.1 Å². The fourth-order valence-electron chi connectivity index (χ4n) is 2.77. The SMILES string of the molecule is CCc1ccc(C(=O)NCc2nc(OC)nc(N3CCCC3)n2)cc1. The summed E-state index contributed by atoms with van der Waals surface area (Å²) in [7, 11) is 1.53. The molecule has 0 atom stereocenters. The molecular formula is C18H23N5O2. The van der Waals surface area contributed by atoms with Gasteiger partial charge in [-0.3, -0.25) is 4.79 Å². The van der Waals surface area contributed by atoms with E-state index in [0.717, 1.165) is 32.4 Å². The van der Waals surface area contributed by atoms with Crippen molar-refractivity contribution in [2.24, 2.45) is 0 Å². The number of ether oxygens (including phenoxy) is 1. The number of methoxy groups -OCH3 is 1. The van der Waals surface area contributed by atoms with Crippen LogP contribution < -0.4 is 15.0 Å². The van der Waals surface area contributed by atoms with Crippen molar-refractivity contribution >= 4 is 11.9 Å². The molecule has 132 valence electrons. The number of hydrogen-bond acceptors (Lipinski definition) is 6. The first-order valence-corrected chi connectivity index (χ1v) is 8.60. The van der Waals surface area contributed by atoms with E-state index >= 15 is 0 Å². The lowest BCUT2D eigenvalue weighted by Gasteiger charge is -2.16. The van der Waals surface area contributed by atoms with E-state index in [1.807, 2.05) is 24.3 Å². The van der Waals surface area contributed by atoms with Gasteiger partial charge in [0.1, 0.15) is 0 Å². The maximum atomic E-state index is 12.3. The van der Waals surface area contributed by atoms with Crippen molar-refractivity contribution in [1.82, 2.24) is 20.3 Å². The number of benzene rings is 1. The summed E-state index contributed by atoms with van der Waals surface area (Å²) in [5.41, 5.74) is 1.83. The van der Waals surface area contributed by atoms with E-state index in [1.165, 1.54) is 12.7 Å². The van der Waals surface area contributed by atoms with Gasteiger partial charge in [-0.05, 0) is 37.0 Å². The van der Waals surface area contributed by atoms with Crippen LogP contribution in [-0.2, 0) is 13.0 Å². The minimum atomic E-state index is -0.148. The Bertz CT molecular complexity index is 727. The van der Waals surface area contributed by atoms with Crippen LogP contribution in [0, 0.1) is 0 Å². The van der Waals surface area contributed by atoms with E-state index in [4.69, 9.17) is 4.74 Å². The number of nitrogens with zero attached hydrogens (tertiary/aromatic N) is 4. The van der Waals surface area contributed by atoms with Crippen molar-refractivity contribution in [3.05, 3.63) is 41.2 Å². The number of anilines is 1. The second-order valence-electron chi connectivity index (χ2n) is 5.97. The first-order chi connectivity index (χ1) is 12.2. The second kappa shape index (κ2) is 7.92. The van der Waals surface area contributed by atoms with Crippen molar-refractivity contribution in [3.63, 3.8) is 0 Å². The molecule has 0 bridgehead atoms. The molecular weight excluding hydrogens is 318 g/mol. The molecule has 1 aromatic carbocycles. The fourth-order valence-corrected chi connectivity index (χ4v) is 2.77. The number of aromatic nitrogens is 3. The van der Waals surface area contributed by atoms with Crippen molar-refractivity contribution in [1.29, 1.82) is 0 Å². The zero-order chi connectivity index (χ0) is 17.6. The van der Waals surface area contributed by atoms with E-state index in [-0.39, 0.29) is 18.5 Å². The molecule has 1 aliphatic rings. The van der Waals surface area contributed by atoms with E-state index in [9.17, 15) is 4.79 Å². The number of carbonyl (C=O) groups is 1. The van der Waals surface area contributed by atoms with Crippen LogP contribution in [0.25, 0.3) is 0 Å². The Hall–Kier alpha value is -2.70. The molecule has 1 N–H and O–H groups in total. The average molecular weight is 341 g/mol. The number of rotatable bonds is 6. The summed E-state index contributed by atoms with van der Waals surface area (Å²) in [6.45, 7) is 4.18. The topological polar surface area (TPSA) is 80.2 Å². The van der Waals surface area contributed by atoms with Crippen LogP contribution in [0.3, 0.4) is 0 Å². The summed E-state index contributed by atoms with van der Waals surface area (Å²) in [4.78, 5) is 27.4. The van der Waals surface area contributed by atoms with Gasteiger partial charge in [-0.25, -0.2) is 0 Å². The second-order valence-corrected chi connectivity index (χ2v) is 5.97. The first-order valence-electron chi connectivity index (χ1n) is 8.60. The van der Waals surface area contributed by atoms with Crippen LogP contribution >= 0.6 is 0 Å². The lowest BCUT2D eigenvalue weighted by atomic mass is 10.1. The predicted molar refractivity (Wildman–Crippen MR) is 94.8 cm³/mol. The van der Waals surface area contributed by atoms with E-state index < -0.39 is 0 Å². The Balaban J connectivity index is 1.68. The molecule has 2 aromatic rings. The van der Waals surface area contributed by atoms with Crippen molar-refractivity contribution < 1.29 is 9.53 Å². The number of nitrogens with one attached hydrogen (secondary N) is 1. The van der Waals surface area contributed by atoms with Crippen molar-refractivity contribution in [2.75, 3.05) is 25.1 Å². The van der Waals surface area contributed by atoms with Crippen LogP contribution in [0.1, 0.15) is 41.5 Å². The summed E-state index contributed by atoms with van der Waals surface area (Å²) in [5, 5.41) is 2.86. The highest BCUT2D eigenvalue weighted by molar-refractivity contribution is 5.94. The maximum absolute atomic E-state index is 12.3. The van der Waals surface area contributed by atoms with Gasteiger partial charge in [0, 0.05) is 18.7 Å². The molecule has 0 saturated carbocycles. The average Bonchev–Trinajstić information content (AvgIpc) is 3.20. The lowest BCUT2D eigenvalue weighted by molar-refractivity contribution is 0.0949. The lowest BCUT2D eigenvalue weighted by Crippen LogP contribution is -2.26. The molecule has 2 heterocycles. The molecule has 0 unspecified atom stereocenters. The monoisotopic (exact) mass is 341 g/mol. The molecule has 0 spiro atoms. The van der Waals surface area contributed by atoms with E-state index in [0.29, 0.717) is 17.3 Å². The fraction of sp³-hybridized carbons (Fsp3) is 0.444. The van der Waals surface area contributed by atoms with Gasteiger partial charge in [-0.2, -0.15) is 15.0 Å². The standard InChI is InChI=1S/C18H23N5O2/c1-3-13-6-8-14(9-7-13)16(24)19-12-15-20-17(22-18(21-15)25-2)23-10-4-5-11-23/h6-9H,3-5,10-12H2,1-2H3,(H,19,24). The number of carbonyl (C=O) groups excluding carboxylic acids is 1.